The molecule has 2 aliphatic heterocycles. The Morgan fingerprint density at radius 2 is 1.90 bits per heavy atom. The highest BCUT2D eigenvalue weighted by Gasteiger charge is 2.55. The number of imide groups is 1. The van der Waals surface area contributed by atoms with Crippen molar-refractivity contribution in [1.82, 2.24) is 15.1 Å². The quantitative estimate of drug-likeness (QED) is 0.601. The molecule has 0 spiro atoms. The van der Waals surface area contributed by atoms with Crippen LogP contribution in [0.25, 0.3) is 11.4 Å². The van der Waals surface area contributed by atoms with Gasteiger partial charge in [-0.2, -0.15) is 10.1 Å². The van der Waals surface area contributed by atoms with E-state index >= 15 is 0 Å². The summed E-state index contributed by atoms with van der Waals surface area (Å²) in [6.45, 7) is 4.03. The molecule has 2 aromatic carbocycles. The van der Waals surface area contributed by atoms with Crippen LogP contribution in [0.3, 0.4) is 0 Å². The summed E-state index contributed by atoms with van der Waals surface area (Å²) in [6, 6.07) is 9.22. The van der Waals surface area contributed by atoms with E-state index in [2.05, 4.69) is 20.5 Å². The second-order valence-electron chi connectivity index (χ2n) is 7.49. The van der Waals surface area contributed by atoms with Gasteiger partial charge in [0.1, 0.15) is 12.4 Å². The Hall–Kier alpha value is -3.95. The van der Waals surface area contributed by atoms with Crippen molar-refractivity contribution in [3.05, 3.63) is 65.3 Å². The minimum atomic E-state index is -0.988. The van der Waals surface area contributed by atoms with Gasteiger partial charge in [-0.15, -0.1) is 0 Å². The summed E-state index contributed by atoms with van der Waals surface area (Å²) in [5.41, 5.74) is 3.23. The van der Waals surface area contributed by atoms with Gasteiger partial charge in [-0.1, -0.05) is 28.6 Å². The molecule has 2 amide bonds. The maximum atomic E-state index is 13.6. The van der Waals surface area contributed by atoms with E-state index in [1.54, 1.807) is 0 Å². The molecular formula is C21H17FN6O3. The number of nitrogens with zero attached hydrogens (tertiary/aromatic N) is 6. The number of aryl methyl sites for hydroxylation is 2. The number of benzene rings is 2. The molecule has 0 aliphatic carbocycles. The summed E-state index contributed by atoms with van der Waals surface area (Å²) < 4.78 is 18.9. The molecule has 3 heterocycles. The van der Waals surface area contributed by atoms with Crippen molar-refractivity contribution < 1.29 is 18.5 Å². The van der Waals surface area contributed by atoms with Crippen molar-refractivity contribution in [2.24, 2.45) is 10.3 Å². The number of anilines is 1. The molecule has 1 saturated heterocycles. The van der Waals surface area contributed by atoms with Crippen LogP contribution < -0.4 is 4.90 Å². The minimum Gasteiger partial charge on any atom is -0.337 e. The van der Waals surface area contributed by atoms with Crippen LogP contribution in [0, 0.1) is 19.7 Å². The molecular weight excluding hydrogens is 403 g/mol. The smallest absolute Gasteiger partial charge is 0.263 e. The highest BCUT2D eigenvalue weighted by atomic mass is 19.1. The fourth-order valence-corrected chi connectivity index (χ4v) is 3.68. The number of hydrogen-bond donors (Lipinski definition) is 0. The molecule has 156 valence electrons. The zero-order valence-electron chi connectivity index (χ0n) is 16.7. The lowest BCUT2D eigenvalue weighted by atomic mass is 10.1. The number of aromatic nitrogens is 2. The molecule has 2 atom stereocenters. The average molecular weight is 420 g/mol. The van der Waals surface area contributed by atoms with Crippen LogP contribution in [0.1, 0.15) is 17.0 Å². The van der Waals surface area contributed by atoms with Crippen molar-refractivity contribution in [3.8, 4) is 11.4 Å². The Bertz CT molecular complexity index is 1240. The second-order valence-corrected chi connectivity index (χ2v) is 7.49. The van der Waals surface area contributed by atoms with E-state index < -0.39 is 29.7 Å². The number of halogens is 1. The van der Waals surface area contributed by atoms with Gasteiger partial charge in [0.15, 0.2) is 12.1 Å². The van der Waals surface area contributed by atoms with Crippen molar-refractivity contribution in [2.45, 2.75) is 32.5 Å². The third-order valence-corrected chi connectivity index (χ3v) is 5.45. The summed E-state index contributed by atoms with van der Waals surface area (Å²) in [4.78, 5) is 31.0. The van der Waals surface area contributed by atoms with Crippen LogP contribution in [0.4, 0.5) is 10.1 Å². The highest BCUT2D eigenvalue weighted by molar-refractivity contribution is 6.25. The second kappa shape index (κ2) is 7.08. The van der Waals surface area contributed by atoms with Gasteiger partial charge in [0.25, 0.3) is 11.8 Å². The molecule has 9 nitrogen and oxygen atoms in total. The first-order valence-electron chi connectivity index (χ1n) is 9.63. The van der Waals surface area contributed by atoms with Crippen molar-refractivity contribution in [1.29, 1.82) is 0 Å². The molecule has 0 saturated carbocycles. The lowest BCUT2D eigenvalue weighted by molar-refractivity contribution is -0.123. The summed E-state index contributed by atoms with van der Waals surface area (Å²) in [5, 5.41) is 13.3. The predicted molar refractivity (Wildman–Crippen MR) is 106 cm³/mol. The lowest BCUT2D eigenvalue weighted by Gasteiger charge is -2.19. The molecule has 1 fully saturated rings. The number of hydrogen-bond acceptors (Lipinski definition) is 8. The largest absolute Gasteiger partial charge is 0.337 e. The van der Waals surface area contributed by atoms with Gasteiger partial charge in [-0.25, -0.2) is 9.29 Å². The topological polar surface area (TPSA) is 104 Å². The number of amides is 2. The lowest BCUT2D eigenvalue weighted by Crippen LogP contribution is -2.39. The molecule has 0 radical (unpaired) electrons. The van der Waals surface area contributed by atoms with Gasteiger partial charge in [0.05, 0.1) is 5.69 Å². The van der Waals surface area contributed by atoms with Gasteiger partial charge < -0.3 is 4.52 Å². The normalized spacial score (nSPS) is 20.1. The number of rotatable bonds is 4. The summed E-state index contributed by atoms with van der Waals surface area (Å²) in [6.07, 6.45) is 0. The third-order valence-electron chi connectivity index (χ3n) is 5.45. The Morgan fingerprint density at radius 1 is 1.06 bits per heavy atom. The molecule has 0 N–H and O–H groups in total. The summed E-state index contributed by atoms with van der Waals surface area (Å²) in [5.74, 6) is -0.968. The maximum Gasteiger partial charge on any atom is 0.263 e. The fraction of sp³-hybridized carbons (Fsp3) is 0.238. The van der Waals surface area contributed by atoms with Gasteiger partial charge in [-0.3, -0.25) is 14.6 Å². The van der Waals surface area contributed by atoms with Crippen molar-refractivity contribution in [2.75, 3.05) is 4.90 Å². The monoisotopic (exact) mass is 420 g/mol. The molecule has 5 rings (SSSR count). The Labute approximate surface area is 176 Å². The molecule has 0 bridgehead atoms. The summed E-state index contributed by atoms with van der Waals surface area (Å²) >= 11 is 0. The van der Waals surface area contributed by atoms with Gasteiger partial charge in [0, 0.05) is 5.56 Å². The van der Waals surface area contributed by atoms with E-state index in [1.165, 1.54) is 23.2 Å². The summed E-state index contributed by atoms with van der Waals surface area (Å²) in [7, 11) is 0. The number of carbonyl (C=O) groups is 2. The average Bonchev–Trinajstić information content (AvgIpc) is 3.43. The SMILES string of the molecule is Cc1ccc(-c2noc(CN3N=N[C@H]4C(=O)N(c5cccc(F)c5)C(=O)[C@@H]43)n2)cc1C. The van der Waals surface area contributed by atoms with E-state index in [1.807, 2.05) is 32.0 Å². The van der Waals surface area contributed by atoms with E-state index in [0.29, 0.717) is 5.82 Å². The Morgan fingerprint density at radius 3 is 2.68 bits per heavy atom. The van der Waals surface area contributed by atoms with Gasteiger partial charge in [-0.05, 0) is 49.2 Å². The molecule has 1 aromatic heterocycles. The van der Waals surface area contributed by atoms with E-state index in [4.69, 9.17) is 4.52 Å². The zero-order valence-corrected chi connectivity index (χ0v) is 16.7. The molecule has 31 heavy (non-hydrogen) atoms. The van der Waals surface area contributed by atoms with E-state index in [9.17, 15) is 14.0 Å². The van der Waals surface area contributed by atoms with Crippen LogP contribution in [0.5, 0.6) is 0 Å². The molecule has 2 aliphatic rings. The molecule has 3 aromatic rings. The Kier molecular flexibility index (Phi) is 4.35. The van der Waals surface area contributed by atoms with Crippen molar-refractivity contribution >= 4 is 17.5 Å². The van der Waals surface area contributed by atoms with Gasteiger partial charge in [0.2, 0.25) is 11.7 Å². The minimum absolute atomic E-state index is 0.0124. The van der Waals surface area contributed by atoms with Crippen molar-refractivity contribution in [3.63, 3.8) is 0 Å². The standard InChI is InChI=1S/C21H17FN6O3/c1-11-6-7-13(8-12(11)2)19-23-16(31-25-19)10-27-18-17(24-26-27)20(29)28(21(18)30)15-5-3-4-14(22)9-15/h3-9,17-18H,10H2,1-2H3/t17-,18-/m1/s1. The maximum absolute atomic E-state index is 13.6. The van der Waals surface area contributed by atoms with E-state index in [-0.39, 0.29) is 18.1 Å². The first-order chi connectivity index (χ1) is 14.9. The van der Waals surface area contributed by atoms with Crippen LogP contribution in [-0.4, -0.2) is 39.0 Å². The Balaban J connectivity index is 1.37. The predicted octanol–water partition coefficient (Wildman–Crippen LogP) is 2.99. The van der Waals surface area contributed by atoms with Crippen LogP contribution >= 0.6 is 0 Å². The molecule has 0 unspecified atom stereocenters. The van der Waals surface area contributed by atoms with E-state index in [0.717, 1.165) is 27.7 Å². The highest BCUT2D eigenvalue weighted by Crippen LogP contribution is 2.33. The van der Waals surface area contributed by atoms with Crippen LogP contribution in [0.15, 0.2) is 57.3 Å². The zero-order chi connectivity index (χ0) is 21.7. The van der Waals surface area contributed by atoms with Crippen LogP contribution in [0.2, 0.25) is 0 Å². The third kappa shape index (κ3) is 3.16. The van der Waals surface area contributed by atoms with Crippen LogP contribution in [-0.2, 0) is 16.1 Å². The number of carbonyl (C=O) groups excluding carboxylic acids is 2. The first-order valence-corrected chi connectivity index (χ1v) is 9.63. The van der Waals surface area contributed by atoms with Gasteiger partial charge >= 0.3 is 0 Å². The first kappa shape index (κ1) is 19.0. The fourth-order valence-electron chi connectivity index (χ4n) is 3.68. The molecule has 10 heteroatoms. The number of fused-ring (bicyclic) bond motifs is 1.